The highest BCUT2D eigenvalue weighted by Crippen LogP contribution is 2.38. The van der Waals surface area contributed by atoms with Gasteiger partial charge in [-0.2, -0.15) is 0 Å². The van der Waals surface area contributed by atoms with Crippen LogP contribution in [0.3, 0.4) is 0 Å². The number of carbonyl (C=O) groups excluding carboxylic acids is 2. The summed E-state index contributed by atoms with van der Waals surface area (Å²) in [4.78, 5) is 22.6. The minimum atomic E-state index is -0.523. The van der Waals surface area contributed by atoms with Gasteiger partial charge in [0.2, 0.25) is 9.70 Å². The van der Waals surface area contributed by atoms with E-state index in [9.17, 15) is 9.59 Å². The molecule has 4 nitrogen and oxygen atoms in total. The van der Waals surface area contributed by atoms with Gasteiger partial charge in [0.15, 0.2) is 0 Å². The minimum Gasteiger partial charge on any atom is -0.343 e. The van der Waals surface area contributed by atoms with Crippen LogP contribution in [0.15, 0.2) is 0 Å². The molecule has 1 rings (SSSR count). The van der Waals surface area contributed by atoms with Gasteiger partial charge >= 0.3 is 0 Å². The Hall–Kier alpha value is -0.170. The molecule has 0 aromatic carbocycles. The van der Waals surface area contributed by atoms with Gasteiger partial charge in [-0.15, -0.1) is 0 Å². The Bertz CT molecular complexity index is 251. The summed E-state index contributed by atoms with van der Waals surface area (Å²) >= 11 is 1.75. The Morgan fingerprint density at radius 1 is 1.50 bits per heavy atom. The summed E-state index contributed by atoms with van der Waals surface area (Å²) in [6.07, 6.45) is 1.99. The van der Waals surface area contributed by atoms with Crippen molar-refractivity contribution < 1.29 is 9.59 Å². The van der Waals surface area contributed by atoms with E-state index in [1.54, 1.807) is 22.6 Å². The minimum absolute atomic E-state index is 0.0422. The molecule has 1 fully saturated rings. The van der Waals surface area contributed by atoms with E-state index in [4.69, 9.17) is 0 Å². The highest BCUT2D eigenvalue weighted by molar-refractivity contribution is 14.1. The van der Waals surface area contributed by atoms with Gasteiger partial charge < -0.3 is 10.6 Å². The SMILES string of the molecule is CNC(C)CC(=O)NC1(C(=O)I)CC1. The zero-order valence-electron chi connectivity index (χ0n) is 8.39. The van der Waals surface area contributed by atoms with Crippen LogP contribution in [0.25, 0.3) is 0 Å². The van der Waals surface area contributed by atoms with Crippen molar-refractivity contribution in [2.45, 2.75) is 37.8 Å². The zero-order valence-corrected chi connectivity index (χ0v) is 10.6. The standard InChI is InChI=1S/C9H15IN2O2/c1-6(11-2)5-7(13)12-9(3-4-9)8(10)14/h6,11H,3-5H2,1-2H3,(H,12,13). The molecular weight excluding hydrogens is 295 g/mol. The predicted molar refractivity (Wildman–Crippen MR) is 62.3 cm³/mol. The summed E-state index contributed by atoms with van der Waals surface area (Å²) in [6.45, 7) is 1.94. The second-order valence-corrected chi connectivity index (χ2v) is 4.78. The summed E-state index contributed by atoms with van der Waals surface area (Å²) in [7, 11) is 1.81. The van der Waals surface area contributed by atoms with Crippen LogP contribution < -0.4 is 10.6 Å². The maximum absolute atomic E-state index is 11.5. The van der Waals surface area contributed by atoms with Gasteiger partial charge in [-0.25, -0.2) is 0 Å². The van der Waals surface area contributed by atoms with Crippen molar-refractivity contribution in [2.24, 2.45) is 0 Å². The first-order valence-electron chi connectivity index (χ1n) is 4.68. The van der Waals surface area contributed by atoms with Crippen LogP contribution in [-0.4, -0.2) is 28.3 Å². The summed E-state index contributed by atoms with van der Waals surface area (Å²) in [5.41, 5.74) is -0.523. The molecule has 0 saturated heterocycles. The van der Waals surface area contributed by atoms with Gasteiger partial charge in [-0.1, -0.05) is 0 Å². The lowest BCUT2D eigenvalue weighted by Crippen LogP contribution is -2.43. The molecule has 1 aliphatic rings. The molecule has 0 aromatic heterocycles. The van der Waals surface area contributed by atoms with Crippen LogP contribution in [0.4, 0.5) is 0 Å². The molecule has 0 spiro atoms. The summed E-state index contributed by atoms with van der Waals surface area (Å²) in [5.74, 6) is -0.0469. The quantitative estimate of drug-likeness (QED) is 0.577. The molecule has 80 valence electrons. The Labute approximate surface area is 97.3 Å². The fraction of sp³-hybridized carbons (Fsp3) is 0.778. The molecule has 1 saturated carbocycles. The smallest absolute Gasteiger partial charge is 0.222 e. The van der Waals surface area contributed by atoms with E-state index < -0.39 is 5.54 Å². The molecule has 1 atom stereocenters. The Kier molecular flexibility index (Phi) is 3.88. The highest BCUT2D eigenvalue weighted by atomic mass is 127. The summed E-state index contributed by atoms with van der Waals surface area (Å²) in [5, 5.41) is 5.78. The first kappa shape index (κ1) is 11.9. The van der Waals surface area contributed by atoms with Crippen LogP contribution in [0, 0.1) is 0 Å². The van der Waals surface area contributed by atoms with Gasteiger partial charge in [0.05, 0.1) is 0 Å². The van der Waals surface area contributed by atoms with Crippen LogP contribution in [-0.2, 0) is 9.59 Å². The van der Waals surface area contributed by atoms with E-state index in [0.717, 1.165) is 12.8 Å². The largest absolute Gasteiger partial charge is 0.343 e. The van der Waals surface area contributed by atoms with Crippen LogP contribution in [0.5, 0.6) is 0 Å². The van der Waals surface area contributed by atoms with Gasteiger partial charge in [0.1, 0.15) is 5.54 Å². The normalized spacial score (nSPS) is 19.9. The second kappa shape index (κ2) is 4.57. The number of halogens is 1. The van der Waals surface area contributed by atoms with Crippen molar-refractivity contribution in [1.82, 2.24) is 10.6 Å². The Morgan fingerprint density at radius 2 is 2.07 bits per heavy atom. The highest BCUT2D eigenvalue weighted by Gasteiger charge is 2.49. The van der Waals surface area contributed by atoms with E-state index in [2.05, 4.69) is 10.6 Å². The molecule has 1 amide bonds. The maximum atomic E-state index is 11.5. The molecule has 2 N–H and O–H groups in total. The van der Waals surface area contributed by atoms with Crippen molar-refractivity contribution in [1.29, 1.82) is 0 Å². The third kappa shape index (κ3) is 2.91. The monoisotopic (exact) mass is 310 g/mol. The second-order valence-electron chi connectivity index (χ2n) is 3.80. The molecule has 0 aromatic rings. The maximum Gasteiger partial charge on any atom is 0.222 e. The van der Waals surface area contributed by atoms with E-state index in [-0.39, 0.29) is 15.7 Å². The molecule has 14 heavy (non-hydrogen) atoms. The van der Waals surface area contributed by atoms with E-state index in [0.29, 0.717) is 6.42 Å². The number of carbonyl (C=O) groups is 2. The van der Waals surface area contributed by atoms with Gasteiger partial charge in [-0.3, -0.25) is 9.59 Å². The van der Waals surface area contributed by atoms with Crippen LogP contribution in [0.2, 0.25) is 0 Å². The fourth-order valence-electron chi connectivity index (χ4n) is 1.19. The molecule has 0 heterocycles. The molecule has 0 bridgehead atoms. The Balaban J connectivity index is 2.38. The Morgan fingerprint density at radius 3 is 2.43 bits per heavy atom. The molecular formula is C9H15IN2O2. The summed E-state index contributed by atoms with van der Waals surface area (Å²) in [6, 6.07) is 0.148. The van der Waals surface area contributed by atoms with Crippen molar-refractivity contribution in [3.8, 4) is 0 Å². The lowest BCUT2D eigenvalue weighted by atomic mass is 10.2. The van der Waals surface area contributed by atoms with Crippen molar-refractivity contribution in [3.63, 3.8) is 0 Å². The lowest BCUT2D eigenvalue weighted by Gasteiger charge is -2.15. The average molecular weight is 310 g/mol. The predicted octanol–water partition coefficient (Wildman–Crippen LogP) is 0.595. The van der Waals surface area contributed by atoms with E-state index >= 15 is 0 Å². The number of amides is 1. The molecule has 0 radical (unpaired) electrons. The molecule has 1 aliphatic carbocycles. The van der Waals surface area contributed by atoms with Crippen LogP contribution >= 0.6 is 22.6 Å². The first-order valence-corrected chi connectivity index (χ1v) is 5.76. The topological polar surface area (TPSA) is 58.2 Å². The summed E-state index contributed by atoms with van der Waals surface area (Å²) < 4.78 is 0.0422. The molecule has 0 aliphatic heterocycles. The lowest BCUT2D eigenvalue weighted by molar-refractivity contribution is -0.125. The third-order valence-electron chi connectivity index (χ3n) is 2.49. The first-order chi connectivity index (χ1) is 6.50. The van der Waals surface area contributed by atoms with E-state index in [1.165, 1.54) is 0 Å². The number of hydrogen-bond donors (Lipinski definition) is 2. The van der Waals surface area contributed by atoms with Gasteiger partial charge in [0, 0.05) is 35.1 Å². The van der Waals surface area contributed by atoms with Gasteiger partial charge in [0.25, 0.3) is 0 Å². The number of nitrogens with one attached hydrogen (secondary N) is 2. The molecule has 5 heteroatoms. The van der Waals surface area contributed by atoms with E-state index in [1.807, 2.05) is 14.0 Å². The van der Waals surface area contributed by atoms with Crippen LogP contribution in [0.1, 0.15) is 26.2 Å². The van der Waals surface area contributed by atoms with Gasteiger partial charge in [-0.05, 0) is 26.8 Å². The number of hydrogen-bond acceptors (Lipinski definition) is 3. The fourth-order valence-corrected chi connectivity index (χ4v) is 1.87. The molecule has 1 unspecified atom stereocenters. The van der Waals surface area contributed by atoms with Crippen molar-refractivity contribution >= 4 is 32.3 Å². The number of rotatable bonds is 5. The van der Waals surface area contributed by atoms with Crippen molar-refractivity contribution in [2.75, 3.05) is 7.05 Å². The average Bonchev–Trinajstić information content (AvgIpc) is 2.85. The zero-order chi connectivity index (χ0) is 10.8. The third-order valence-corrected chi connectivity index (χ3v) is 3.52. The van der Waals surface area contributed by atoms with Crippen molar-refractivity contribution in [3.05, 3.63) is 0 Å².